The Labute approximate surface area is 258 Å². The molecule has 208 valence electrons. The fourth-order valence-corrected chi connectivity index (χ4v) is 7.11. The predicted molar refractivity (Wildman–Crippen MR) is 183 cm³/mol. The smallest absolute Gasteiger partial charge is 0.160 e. The molecular weight excluding hydrogens is 532 g/mol. The molecule has 0 aliphatic heterocycles. The van der Waals surface area contributed by atoms with Crippen LogP contribution in [0.25, 0.3) is 28.0 Å². The summed E-state index contributed by atoms with van der Waals surface area (Å²) in [6.45, 7) is 6.39. The van der Waals surface area contributed by atoms with Gasteiger partial charge in [0.1, 0.15) is 0 Å². The summed E-state index contributed by atoms with van der Waals surface area (Å²) in [6.07, 6.45) is 0. The number of fused-ring (bicyclic) bond motifs is 10. The van der Waals surface area contributed by atoms with Gasteiger partial charge in [0, 0.05) is 11.3 Å². The highest BCUT2D eigenvalue weighted by Crippen LogP contribution is 2.62. The van der Waals surface area contributed by atoms with Crippen LogP contribution in [0.5, 0.6) is 0 Å². The van der Waals surface area contributed by atoms with Gasteiger partial charge in [-0.05, 0) is 68.6 Å². The maximum Gasteiger partial charge on any atom is 0.160 e. The second-order valence-electron chi connectivity index (χ2n) is 11.5. The van der Waals surface area contributed by atoms with Gasteiger partial charge < -0.3 is 0 Å². The van der Waals surface area contributed by atoms with Crippen LogP contribution in [0.2, 0.25) is 0 Å². The van der Waals surface area contributed by atoms with Crippen molar-refractivity contribution in [3.63, 3.8) is 0 Å². The number of nitrogens with zero attached hydrogens (tertiary/aromatic N) is 2. The summed E-state index contributed by atoms with van der Waals surface area (Å²) < 4.78 is 0. The van der Waals surface area contributed by atoms with Crippen molar-refractivity contribution in [3.8, 4) is 22.3 Å². The molecule has 0 aromatic heterocycles. The van der Waals surface area contributed by atoms with Crippen molar-refractivity contribution in [2.75, 3.05) is 0 Å². The Balaban J connectivity index is 1.39. The maximum atomic E-state index is 5.17. The lowest BCUT2D eigenvalue weighted by Crippen LogP contribution is -2.26. The van der Waals surface area contributed by atoms with Crippen LogP contribution in [-0.4, -0.2) is 11.5 Å². The highest BCUT2D eigenvalue weighted by atomic mass is 14.9. The van der Waals surface area contributed by atoms with Gasteiger partial charge in [-0.2, -0.15) is 0 Å². The third kappa shape index (κ3) is 3.88. The summed E-state index contributed by atoms with van der Waals surface area (Å²) >= 11 is 0. The first-order valence-corrected chi connectivity index (χ1v) is 15.0. The molecule has 0 N–H and O–H groups in total. The van der Waals surface area contributed by atoms with Gasteiger partial charge >= 0.3 is 0 Å². The lowest BCUT2D eigenvalue weighted by molar-refractivity contribution is 0.793. The van der Waals surface area contributed by atoms with E-state index in [4.69, 9.17) is 9.98 Å². The fraction of sp³-hybridized carbons (Fsp3) is 0.0476. The first kappa shape index (κ1) is 26.1. The molecule has 8 rings (SSSR count). The molecule has 0 atom stereocenters. The number of benzene rings is 6. The van der Waals surface area contributed by atoms with Gasteiger partial charge in [0.15, 0.2) is 5.84 Å². The quantitative estimate of drug-likeness (QED) is 0.151. The van der Waals surface area contributed by atoms with Gasteiger partial charge in [0.05, 0.1) is 11.1 Å². The molecule has 0 saturated heterocycles. The van der Waals surface area contributed by atoms with Crippen LogP contribution in [0.1, 0.15) is 45.9 Å². The Hall–Kier alpha value is -5.60. The molecule has 0 bridgehead atoms. The molecule has 0 saturated carbocycles. The minimum absolute atomic E-state index is 0.422. The molecular formula is C42H30N2. The summed E-state index contributed by atoms with van der Waals surface area (Å²) in [4.78, 5) is 10.3. The number of rotatable bonds is 4. The third-order valence-electron chi connectivity index (χ3n) is 9.07. The van der Waals surface area contributed by atoms with Gasteiger partial charge in [0.25, 0.3) is 0 Å². The Morgan fingerprint density at radius 2 is 0.909 bits per heavy atom. The summed E-state index contributed by atoms with van der Waals surface area (Å²) in [6, 6.07) is 53.8. The summed E-state index contributed by atoms with van der Waals surface area (Å²) in [5.41, 5.74) is 14.5. The molecule has 1 spiro atoms. The normalized spacial score (nSPS) is 14.1. The molecule has 0 radical (unpaired) electrons. The van der Waals surface area contributed by atoms with E-state index in [2.05, 4.69) is 110 Å². The SMILES string of the molecule is C=C(N=C(N=C(C)c1ccccc1)c1ccc2c(c1)C1(c3ccccc3-c3ccccc31)c1ccccc1-2)c1ccccc1. The predicted octanol–water partition coefficient (Wildman–Crippen LogP) is 9.96. The van der Waals surface area contributed by atoms with Crippen molar-refractivity contribution in [1.82, 2.24) is 0 Å². The minimum atomic E-state index is -0.422. The highest BCUT2D eigenvalue weighted by Gasteiger charge is 2.51. The van der Waals surface area contributed by atoms with E-state index in [0.717, 1.165) is 22.4 Å². The second kappa shape index (κ2) is 10.3. The largest absolute Gasteiger partial charge is 0.233 e. The van der Waals surface area contributed by atoms with Gasteiger partial charge in [-0.15, -0.1) is 0 Å². The van der Waals surface area contributed by atoms with E-state index in [1.807, 2.05) is 55.5 Å². The Kier molecular flexibility index (Phi) is 6.09. The molecule has 0 fully saturated rings. The molecule has 6 aromatic rings. The number of hydrogen-bond donors (Lipinski definition) is 0. The standard InChI is InChI=1S/C42H30N2/c1-28(30-15-5-3-6-16-30)43-41(44-29(2)31-17-7-4-8-18-31)32-25-26-36-35-21-11-14-24-39(35)42(40(36)27-32)37-22-12-9-19-33(37)34-20-10-13-23-38(34)42/h3-27H,1H2,2H3. The fourth-order valence-electron chi connectivity index (χ4n) is 7.11. The lowest BCUT2D eigenvalue weighted by Gasteiger charge is -2.30. The van der Waals surface area contributed by atoms with Crippen LogP contribution < -0.4 is 0 Å². The molecule has 0 unspecified atom stereocenters. The zero-order chi connectivity index (χ0) is 29.7. The second-order valence-corrected chi connectivity index (χ2v) is 11.5. The van der Waals surface area contributed by atoms with Crippen LogP contribution in [0.3, 0.4) is 0 Å². The van der Waals surface area contributed by atoms with Crippen LogP contribution in [0.15, 0.2) is 168 Å². The molecule has 2 aliphatic carbocycles. The Morgan fingerprint density at radius 1 is 0.455 bits per heavy atom. The third-order valence-corrected chi connectivity index (χ3v) is 9.07. The van der Waals surface area contributed by atoms with Crippen LogP contribution in [-0.2, 0) is 5.41 Å². The van der Waals surface area contributed by atoms with Crippen molar-refractivity contribution in [2.45, 2.75) is 12.3 Å². The van der Waals surface area contributed by atoms with Crippen molar-refractivity contribution < 1.29 is 0 Å². The van der Waals surface area contributed by atoms with Crippen molar-refractivity contribution in [3.05, 3.63) is 197 Å². The summed E-state index contributed by atoms with van der Waals surface area (Å²) in [5, 5.41) is 0. The molecule has 2 nitrogen and oxygen atoms in total. The molecule has 2 aliphatic rings. The zero-order valence-electron chi connectivity index (χ0n) is 24.5. The number of amidine groups is 1. The number of aliphatic imine (C=N–C) groups is 2. The van der Waals surface area contributed by atoms with Crippen LogP contribution in [0, 0.1) is 0 Å². The first-order chi connectivity index (χ1) is 21.7. The average molecular weight is 563 g/mol. The van der Waals surface area contributed by atoms with Crippen molar-refractivity contribution in [2.24, 2.45) is 9.98 Å². The van der Waals surface area contributed by atoms with Gasteiger partial charge in [-0.1, -0.05) is 152 Å². The van der Waals surface area contributed by atoms with Gasteiger partial charge in [-0.25, -0.2) is 9.98 Å². The van der Waals surface area contributed by atoms with E-state index in [9.17, 15) is 0 Å². The van der Waals surface area contributed by atoms with Gasteiger partial charge in [-0.3, -0.25) is 0 Å². The van der Waals surface area contributed by atoms with E-state index in [1.165, 1.54) is 44.5 Å². The Morgan fingerprint density at radius 3 is 1.45 bits per heavy atom. The maximum absolute atomic E-state index is 5.17. The van der Waals surface area contributed by atoms with Crippen LogP contribution in [0.4, 0.5) is 0 Å². The molecule has 0 amide bonds. The van der Waals surface area contributed by atoms with Crippen molar-refractivity contribution in [1.29, 1.82) is 0 Å². The van der Waals surface area contributed by atoms with E-state index in [-0.39, 0.29) is 0 Å². The van der Waals surface area contributed by atoms with Crippen molar-refractivity contribution >= 4 is 17.2 Å². The minimum Gasteiger partial charge on any atom is -0.233 e. The van der Waals surface area contributed by atoms with E-state index < -0.39 is 5.41 Å². The molecule has 6 aromatic carbocycles. The summed E-state index contributed by atoms with van der Waals surface area (Å²) in [5.74, 6) is 0.647. The first-order valence-electron chi connectivity index (χ1n) is 15.0. The molecule has 2 heteroatoms. The van der Waals surface area contributed by atoms with Gasteiger partial charge in [0.2, 0.25) is 0 Å². The topological polar surface area (TPSA) is 24.7 Å². The molecule has 0 heterocycles. The number of hydrogen-bond acceptors (Lipinski definition) is 1. The van der Waals surface area contributed by atoms with E-state index in [0.29, 0.717) is 11.5 Å². The Bertz CT molecular complexity index is 2070. The summed E-state index contributed by atoms with van der Waals surface area (Å²) in [7, 11) is 0. The highest BCUT2D eigenvalue weighted by molar-refractivity contribution is 6.13. The van der Waals surface area contributed by atoms with E-state index in [1.54, 1.807) is 0 Å². The lowest BCUT2D eigenvalue weighted by atomic mass is 9.70. The monoisotopic (exact) mass is 562 g/mol. The van der Waals surface area contributed by atoms with Crippen LogP contribution >= 0.6 is 0 Å². The average Bonchev–Trinajstić information content (AvgIpc) is 3.56. The zero-order valence-corrected chi connectivity index (χ0v) is 24.5. The van der Waals surface area contributed by atoms with E-state index >= 15 is 0 Å². The molecule has 44 heavy (non-hydrogen) atoms.